The minimum absolute atomic E-state index is 0.203. The van der Waals surface area contributed by atoms with Crippen molar-refractivity contribution in [2.24, 2.45) is 0 Å². The fraction of sp³-hybridized carbons (Fsp3) is 0.500. The molecule has 0 aromatic carbocycles. The molecular formula is C8H12O4. The highest BCUT2D eigenvalue weighted by Crippen LogP contribution is 2.02. The van der Waals surface area contributed by atoms with Crippen LogP contribution >= 0.6 is 0 Å². The Hall–Kier alpha value is -1.32. The van der Waals surface area contributed by atoms with Crippen LogP contribution in [0.15, 0.2) is 12.2 Å². The maximum atomic E-state index is 10.8. The standard InChI is InChI=1S/C8H12O4/c1-4-6(7(9)10)12-8(11)5(2)3/h6H,2,4H2,1,3H3,(H,9,10). The molecule has 0 aromatic rings. The quantitative estimate of drug-likeness (QED) is 0.507. The number of rotatable bonds is 4. The number of carboxylic acid groups (broad SMARTS) is 1. The summed E-state index contributed by atoms with van der Waals surface area (Å²) in [4.78, 5) is 21.2. The van der Waals surface area contributed by atoms with Gasteiger partial charge >= 0.3 is 11.9 Å². The van der Waals surface area contributed by atoms with E-state index in [1.54, 1.807) is 6.92 Å². The van der Waals surface area contributed by atoms with Crippen LogP contribution in [-0.4, -0.2) is 23.1 Å². The molecule has 0 saturated heterocycles. The van der Waals surface area contributed by atoms with Gasteiger partial charge in [-0.15, -0.1) is 0 Å². The largest absolute Gasteiger partial charge is 0.479 e. The van der Waals surface area contributed by atoms with Crippen LogP contribution in [0.25, 0.3) is 0 Å². The van der Waals surface area contributed by atoms with Gasteiger partial charge in [-0.25, -0.2) is 9.59 Å². The number of aliphatic carboxylic acids is 1. The molecule has 68 valence electrons. The van der Waals surface area contributed by atoms with Crippen molar-refractivity contribution in [2.75, 3.05) is 0 Å². The minimum Gasteiger partial charge on any atom is -0.479 e. The third-order valence-corrected chi connectivity index (χ3v) is 1.24. The number of esters is 1. The topological polar surface area (TPSA) is 63.6 Å². The van der Waals surface area contributed by atoms with E-state index < -0.39 is 18.0 Å². The van der Waals surface area contributed by atoms with E-state index in [-0.39, 0.29) is 12.0 Å². The molecule has 0 aliphatic rings. The van der Waals surface area contributed by atoms with Crippen LogP contribution in [0.1, 0.15) is 20.3 Å². The predicted octanol–water partition coefficient (Wildman–Crippen LogP) is 0.969. The highest BCUT2D eigenvalue weighted by Gasteiger charge is 2.19. The zero-order chi connectivity index (χ0) is 9.72. The lowest BCUT2D eigenvalue weighted by atomic mass is 10.3. The number of hydrogen-bond donors (Lipinski definition) is 1. The van der Waals surface area contributed by atoms with Crippen molar-refractivity contribution in [3.63, 3.8) is 0 Å². The Labute approximate surface area is 70.8 Å². The summed E-state index contributed by atoms with van der Waals surface area (Å²) in [6.45, 7) is 6.43. The number of carboxylic acids is 1. The molecule has 1 N–H and O–H groups in total. The number of carbonyl (C=O) groups is 2. The van der Waals surface area contributed by atoms with Crippen LogP contribution in [0.5, 0.6) is 0 Å². The lowest BCUT2D eigenvalue weighted by Gasteiger charge is -2.10. The van der Waals surface area contributed by atoms with Gasteiger partial charge < -0.3 is 9.84 Å². The van der Waals surface area contributed by atoms with Crippen molar-refractivity contribution in [2.45, 2.75) is 26.4 Å². The molecule has 0 fully saturated rings. The van der Waals surface area contributed by atoms with Crippen molar-refractivity contribution in [1.29, 1.82) is 0 Å². The smallest absolute Gasteiger partial charge is 0.345 e. The van der Waals surface area contributed by atoms with Crippen LogP contribution in [0.4, 0.5) is 0 Å². The summed E-state index contributed by atoms with van der Waals surface area (Å²) in [6.07, 6.45) is -0.803. The molecule has 0 aliphatic heterocycles. The van der Waals surface area contributed by atoms with Crippen molar-refractivity contribution in [3.8, 4) is 0 Å². The lowest BCUT2D eigenvalue weighted by Crippen LogP contribution is -2.26. The second-order valence-electron chi connectivity index (χ2n) is 2.42. The summed E-state index contributed by atoms with van der Waals surface area (Å²) in [5.41, 5.74) is 0.203. The fourth-order valence-corrected chi connectivity index (χ4v) is 0.538. The number of ether oxygens (including phenoxy) is 1. The molecule has 0 rings (SSSR count). The minimum atomic E-state index is -1.13. The summed E-state index contributed by atoms with van der Waals surface area (Å²) < 4.78 is 4.58. The van der Waals surface area contributed by atoms with Gasteiger partial charge in [0.05, 0.1) is 0 Å². The van der Waals surface area contributed by atoms with Gasteiger partial charge in [-0.05, 0) is 13.3 Å². The van der Waals surface area contributed by atoms with Crippen LogP contribution in [0.2, 0.25) is 0 Å². The molecule has 0 amide bonds. The van der Waals surface area contributed by atoms with Crippen molar-refractivity contribution < 1.29 is 19.4 Å². The van der Waals surface area contributed by atoms with E-state index in [4.69, 9.17) is 5.11 Å². The molecule has 0 aromatic heterocycles. The maximum absolute atomic E-state index is 10.8. The van der Waals surface area contributed by atoms with Gasteiger partial charge in [0.2, 0.25) is 0 Å². The van der Waals surface area contributed by atoms with Gasteiger partial charge in [0.25, 0.3) is 0 Å². The Kier molecular flexibility index (Phi) is 4.04. The Morgan fingerprint density at radius 3 is 2.33 bits per heavy atom. The molecule has 0 bridgehead atoms. The summed E-state index contributed by atoms with van der Waals surface area (Å²) in [5, 5.41) is 8.50. The summed E-state index contributed by atoms with van der Waals surface area (Å²) in [6, 6.07) is 0. The van der Waals surface area contributed by atoms with Gasteiger partial charge in [-0.2, -0.15) is 0 Å². The number of carbonyl (C=O) groups excluding carboxylic acids is 1. The van der Waals surface area contributed by atoms with E-state index in [2.05, 4.69) is 11.3 Å². The Balaban J connectivity index is 4.12. The van der Waals surface area contributed by atoms with Gasteiger partial charge in [0, 0.05) is 5.57 Å². The molecule has 0 heterocycles. The molecule has 1 unspecified atom stereocenters. The molecule has 4 heteroatoms. The molecule has 0 saturated carbocycles. The second kappa shape index (κ2) is 4.54. The molecule has 0 spiro atoms. The van der Waals surface area contributed by atoms with Gasteiger partial charge in [-0.1, -0.05) is 13.5 Å². The third kappa shape index (κ3) is 3.18. The van der Waals surface area contributed by atoms with E-state index in [1.807, 2.05) is 0 Å². The molecule has 4 nitrogen and oxygen atoms in total. The first-order valence-corrected chi connectivity index (χ1v) is 3.58. The molecule has 0 radical (unpaired) electrons. The zero-order valence-corrected chi connectivity index (χ0v) is 7.16. The van der Waals surface area contributed by atoms with Crippen molar-refractivity contribution in [1.82, 2.24) is 0 Å². The van der Waals surface area contributed by atoms with Crippen LogP contribution in [-0.2, 0) is 14.3 Å². The monoisotopic (exact) mass is 172 g/mol. The van der Waals surface area contributed by atoms with Crippen LogP contribution in [0, 0.1) is 0 Å². The van der Waals surface area contributed by atoms with Crippen molar-refractivity contribution in [3.05, 3.63) is 12.2 Å². The summed E-state index contributed by atoms with van der Waals surface area (Å²) in [5.74, 6) is -1.80. The summed E-state index contributed by atoms with van der Waals surface area (Å²) in [7, 11) is 0. The van der Waals surface area contributed by atoms with Crippen LogP contribution < -0.4 is 0 Å². The second-order valence-corrected chi connectivity index (χ2v) is 2.42. The maximum Gasteiger partial charge on any atom is 0.345 e. The molecular weight excluding hydrogens is 160 g/mol. The van der Waals surface area contributed by atoms with Gasteiger partial charge in [-0.3, -0.25) is 0 Å². The first kappa shape index (κ1) is 10.7. The Morgan fingerprint density at radius 2 is 2.08 bits per heavy atom. The van der Waals surface area contributed by atoms with E-state index in [1.165, 1.54) is 6.92 Å². The third-order valence-electron chi connectivity index (χ3n) is 1.24. The average Bonchev–Trinajstić information content (AvgIpc) is 1.98. The normalized spacial score (nSPS) is 11.8. The molecule has 12 heavy (non-hydrogen) atoms. The average molecular weight is 172 g/mol. The number of hydrogen-bond acceptors (Lipinski definition) is 3. The highest BCUT2D eigenvalue weighted by molar-refractivity contribution is 5.89. The Morgan fingerprint density at radius 1 is 1.58 bits per heavy atom. The zero-order valence-electron chi connectivity index (χ0n) is 7.16. The molecule has 1 atom stereocenters. The lowest BCUT2D eigenvalue weighted by molar-refractivity contribution is -0.161. The first-order valence-electron chi connectivity index (χ1n) is 3.58. The van der Waals surface area contributed by atoms with E-state index >= 15 is 0 Å². The van der Waals surface area contributed by atoms with E-state index in [0.717, 1.165) is 0 Å². The highest BCUT2D eigenvalue weighted by atomic mass is 16.6. The van der Waals surface area contributed by atoms with Gasteiger partial charge in [0.15, 0.2) is 6.10 Å². The van der Waals surface area contributed by atoms with E-state index in [9.17, 15) is 9.59 Å². The fourth-order valence-electron chi connectivity index (χ4n) is 0.538. The van der Waals surface area contributed by atoms with Crippen LogP contribution in [0.3, 0.4) is 0 Å². The Bertz CT molecular complexity index is 207. The van der Waals surface area contributed by atoms with E-state index in [0.29, 0.717) is 0 Å². The van der Waals surface area contributed by atoms with Crippen molar-refractivity contribution >= 4 is 11.9 Å². The molecule has 0 aliphatic carbocycles. The predicted molar refractivity (Wildman–Crippen MR) is 42.6 cm³/mol. The van der Waals surface area contributed by atoms with Gasteiger partial charge in [0.1, 0.15) is 0 Å². The SMILES string of the molecule is C=C(C)C(=O)OC(CC)C(=O)O. The first-order chi connectivity index (χ1) is 5.49. The summed E-state index contributed by atoms with van der Waals surface area (Å²) >= 11 is 0.